The van der Waals surface area contributed by atoms with Crippen molar-refractivity contribution in [1.29, 1.82) is 0 Å². The first kappa shape index (κ1) is 9.76. The van der Waals surface area contributed by atoms with E-state index in [4.69, 9.17) is 0 Å². The molecule has 0 aromatic carbocycles. The Bertz CT molecular complexity index is 204. The molecule has 0 aromatic rings. The molecule has 0 N–H and O–H groups in total. The van der Waals surface area contributed by atoms with Crippen LogP contribution in [-0.2, 0) is 0 Å². The summed E-state index contributed by atoms with van der Waals surface area (Å²) in [5.41, 5.74) is 2.04. The predicted octanol–water partition coefficient (Wildman–Crippen LogP) is 0.653. The van der Waals surface area contributed by atoms with Gasteiger partial charge in [0.2, 0.25) is 0 Å². The molecule has 0 amide bonds. The summed E-state index contributed by atoms with van der Waals surface area (Å²) in [7, 11) is 4.92. The Hall–Kier alpha value is -0.325. The normalized spacial score (nSPS) is 16.0. The van der Waals surface area contributed by atoms with E-state index in [1.54, 1.807) is 5.57 Å². The molecular weight excluding hydrogens is 141 g/mol. The van der Waals surface area contributed by atoms with Gasteiger partial charge in [-0.1, -0.05) is 44.0 Å². The van der Waals surface area contributed by atoms with Gasteiger partial charge in [-0.15, -0.1) is 0 Å². The van der Waals surface area contributed by atoms with Crippen molar-refractivity contribution >= 4 is 22.0 Å². The fourth-order valence-corrected chi connectivity index (χ4v) is 1.73. The van der Waals surface area contributed by atoms with Crippen LogP contribution in [0.1, 0.15) is 20.3 Å². The van der Waals surface area contributed by atoms with Gasteiger partial charge >= 0.3 is 0 Å². The minimum Gasteiger partial charge on any atom is -0.0804 e. The Morgan fingerprint density at radius 3 is 2.83 bits per heavy atom. The average Bonchev–Trinajstić information content (AvgIpc) is 2.53. The Labute approximate surface area is 78.4 Å². The van der Waals surface area contributed by atoms with Crippen LogP contribution in [-0.4, -0.2) is 22.0 Å². The Kier molecular flexibility index (Phi) is 3.31. The molecule has 1 rings (SSSR count). The quantitative estimate of drug-likeness (QED) is 0.526. The van der Waals surface area contributed by atoms with Gasteiger partial charge < -0.3 is 0 Å². The molecule has 3 heteroatoms. The molecule has 12 heavy (non-hydrogen) atoms. The highest BCUT2D eigenvalue weighted by Crippen LogP contribution is 2.34. The van der Waals surface area contributed by atoms with Crippen LogP contribution in [0.4, 0.5) is 0 Å². The highest BCUT2D eigenvalue weighted by atomic mass is 14.2. The van der Waals surface area contributed by atoms with Crippen molar-refractivity contribution in [3.63, 3.8) is 0 Å². The van der Waals surface area contributed by atoms with Gasteiger partial charge in [0.15, 0.2) is 0 Å². The fraction of sp³-hybridized carbons (Fsp3) is 0.556. The molecule has 0 bridgehead atoms. The lowest BCUT2D eigenvalue weighted by Gasteiger charge is -2.26. The van der Waals surface area contributed by atoms with Crippen LogP contribution in [0.2, 0.25) is 6.32 Å². The molecule has 0 atom stereocenters. The summed E-state index contributed by atoms with van der Waals surface area (Å²) in [5, 5.41) is 0. The van der Waals surface area contributed by atoms with Gasteiger partial charge in [0.25, 0.3) is 0 Å². The van der Waals surface area contributed by atoms with Gasteiger partial charge in [-0.3, -0.25) is 0 Å². The first-order valence-electron chi connectivity index (χ1n) is 5.03. The van der Waals surface area contributed by atoms with Crippen LogP contribution in [0.5, 0.6) is 0 Å². The van der Waals surface area contributed by atoms with Crippen molar-refractivity contribution < 1.29 is 0 Å². The molecule has 0 saturated carbocycles. The molecule has 0 heterocycles. The van der Waals surface area contributed by atoms with Gasteiger partial charge in [-0.05, 0) is 11.8 Å². The monoisotopic (exact) mass is 158 g/mol. The third kappa shape index (κ3) is 2.33. The van der Waals surface area contributed by atoms with E-state index in [9.17, 15) is 0 Å². The van der Waals surface area contributed by atoms with Gasteiger partial charge in [-0.25, -0.2) is 0 Å². The topological polar surface area (TPSA) is 0 Å². The minimum atomic E-state index is 0.430. The predicted molar refractivity (Wildman–Crippen MR) is 63.3 cm³/mol. The van der Waals surface area contributed by atoms with Gasteiger partial charge in [-0.2, -0.15) is 0 Å². The molecular formula is C9H17B3. The molecule has 0 aliphatic heterocycles. The van der Waals surface area contributed by atoms with Crippen molar-refractivity contribution in [2.45, 2.75) is 26.6 Å². The molecule has 1 aliphatic carbocycles. The van der Waals surface area contributed by atoms with Crippen LogP contribution < -0.4 is 0 Å². The molecule has 0 fully saturated rings. The van der Waals surface area contributed by atoms with Crippen molar-refractivity contribution in [2.75, 3.05) is 0 Å². The third-order valence-electron chi connectivity index (χ3n) is 2.80. The van der Waals surface area contributed by atoms with Crippen molar-refractivity contribution in [1.82, 2.24) is 0 Å². The molecule has 0 aromatic heterocycles. The molecule has 1 aliphatic rings. The van der Waals surface area contributed by atoms with Crippen molar-refractivity contribution in [2.24, 2.45) is 5.41 Å². The minimum absolute atomic E-state index is 0.430. The Balaban J connectivity index is 2.47. The highest BCUT2D eigenvalue weighted by molar-refractivity contribution is 7.23. The lowest BCUT2D eigenvalue weighted by atomic mass is 9.25. The SMILES string of the molecule is BBBCC(C)(C)C1=CC=CC1. The average molecular weight is 158 g/mol. The molecule has 0 nitrogen and oxygen atoms in total. The summed E-state index contributed by atoms with van der Waals surface area (Å²) in [4.78, 5) is 0. The lowest BCUT2D eigenvalue weighted by molar-refractivity contribution is 0.495. The summed E-state index contributed by atoms with van der Waals surface area (Å²) >= 11 is 0. The first-order valence-corrected chi connectivity index (χ1v) is 5.03. The van der Waals surface area contributed by atoms with Crippen LogP contribution in [0.25, 0.3) is 0 Å². The van der Waals surface area contributed by atoms with Gasteiger partial charge in [0.05, 0.1) is 22.0 Å². The lowest BCUT2D eigenvalue weighted by Crippen LogP contribution is -2.19. The van der Waals surface area contributed by atoms with Crippen LogP contribution in [0.15, 0.2) is 23.8 Å². The Morgan fingerprint density at radius 1 is 1.58 bits per heavy atom. The number of rotatable bonds is 4. The number of hydrogen-bond donors (Lipinski definition) is 0. The molecule has 0 spiro atoms. The van der Waals surface area contributed by atoms with E-state index in [1.807, 2.05) is 0 Å². The van der Waals surface area contributed by atoms with E-state index in [0.717, 1.165) is 0 Å². The second kappa shape index (κ2) is 4.07. The van der Waals surface area contributed by atoms with Gasteiger partial charge in [0.1, 0.15) is 0 Å². The number of allylic oxidation sites excluding steroid dienone is 4. The first-order chi connectivity index (χ1) is 5.67. The summed E-state index contributed by atoms with van der Waals surface area (Å²) in [6.45, 7) is 4.73. The summed E-state index contributed by atoms with van der Waals surface area (Å²) in [5.74, 6) is 0. The zero-order valence-electron chi connectivity index (χ0n) is 8.56. The zero-order valence-corrected chi connectivity index (χ0v) is 8.56. The number of hydrogen-bond acceptors (Lipinski definition) is 0. The maximum absolute atomic E-state index is 2.36. The van der Waals surface area contributed by atoms with Crippen LogP contribution in [0, 0.1) is 5.41 Å². The van der Waals surface area contributed by atoms with E-state index >= 15 is 0 Å². The van der Waals surface area contributed by atoms with E-state index in [2.05, 4.69) is 39.8 Å². The van der Waals surface area contributed by atoms with E-state index in [1.165, 1.54) is 27.0 Å². The van der Waals surface area contributed by atoms with Crippen molar-refractivity contribution in [3.8, 4) is 0 Å². The smallest absolute Gasteiger partial charge is 0.0790 e. The molecule has 0 radical (unpaired) electrons. The summed E-state index contributed by atoms with van der Waals surface area (Å²) in [6, 6.07) is 0. The van der Waals surface area contributed by atoms with Crippen LogP contribution in [0.3, 0.4) is 0 Å². The van der Waals surface area contributed by atoms with E-state index in [0.29, 0.717) is 5.41 Å². The maximum atomic E-state index is 2.36. The van der Waals surface area contributed by atoms with Crippen LogP contribution >= 0.6 is 0 Å². The van der Waals surface area contributed by atoms with E-state index < -0.39 is 0 Å². The summed E-state index contributed by atoms with van der Waals surface area (Å²) < 4.78 is 0. The standard InChI is InChI=1S/C9H17B3/c1-9(2,7-11-12-10)8-5-3-4-6-8/h3-5,11-12H,6-7,10H2,1-2H3. The van der Waals surface area contributed by atoms with E-state index in [-0.39, 0.29) is 0 Å². The fourth-order valence-electron chi connectivity index (χ4n) is 1.73. The molecule has 0 unspecified atom stereocenters. The molecule has 0 saturated heterocycles. The summed E-state index contributed by atoms with van der Waals surface area (Å²) in [6.07, 6.45) is 9.23. The third-order valence-corrected chi connectivity index (χ3v) is 2.80. The largest absolute Gasteiger partial charge is 0.0804 e. The highest BCUT2D eigenvalue weighted by Gasteiger charge is 2.22. The second-order valence-electron chi connectivity index (χ2n) is 4.31. The maximum Gasteiger partial charge on any atom is 0.0790 e. The Morgan fingerprint density at radius 2 is 2.33 bits per heavy atom. The molecule has 62 valence electrons. The second-order valence-corrected chi connectivity index (χ2v) is 4.31. The van der Waals surface area contributed by atoms with Gasteiger partial charge in [0, 0.05) is 0 Å². The van der Waals surface area contributed by atoms with Crippen molar-refractivity contribution in [3.05, 3.63) is 23.8 Å². The zero-order chi connectivity index (χ0) is 9.03.